The Kier molecular flexibility index (Phi) is 7.12. The Labute approximate surface area is 236 Å². The molecule has 3 heterocycles. The van der Waals surface area contributed by atoms with Crippen LogP contribution >= 0.6 is 11.3 Å². The maximum Gasteiger partial charge on any atom is 0.135 e. The maximum atomic E-state index is 13.2. The fourth-order valence-electron chi connectivity index (χ4n) is 5.88. The Hall–Kier alpha value is -2.94. The van der Waals surface area contributed by atoms with Crippen molar-refractivity contribution in [2.45, 2.75) is 69.0 Å². The largest absolute Gasteiger partial charge is 0.398 e. The number of fused-ring (bicyclic) bond motifs is 2. The molecule has 3 N–H and O–H groups in total. The summed E-state index contributed by atoms with van der Waals surface area (Å²) in [6.45, 7) is 7.26. The number of allylic oxidation sites excluding steroid dienone is 1. The second-order valence-electron chi connectivity index (χ2n) is 11.7. The van der Waals surface area contributed by atoms with Gasteiger partial charge in [-0.25, -0.2) is 18.9 Å². The van der Waals surface area contributed by atoms with Crippen molar-refractivity contribution in [3.63, 3.8) is 0 Å². The number of hydrogen-bond donors (Lipinski definition) is 2. The number of rotatable bonds is 5. The van der Waals surface area contributed by atoms with E-state index in [4.69, 9.17) is 10.7 Å². The van der Waals surface area contributed by atoms with Crippen molar-refractivity contribution in [3.8, 4) is 0 Å². The van der Waals surface area contributed by atoms with Gasteiger partial charge in [0, 0.05) is 51.5 Å². The molecule has 0 amide bonds. The minimum Gasteiger partial charge on any atom is -0.398 e. The van der Waals surface area contributed by atoms with Crippen LogP contribution < -0.4 is 10.5 Å². The van der Waals surface area contributed by atoms with Gasteiger partial charge >= 0.3 is 0 Å². The third kappa shape index (κ3) is 5.55. The molecular weight excluding hydrogens is 523 g/mol. The molecule has 39 heavy (non-hydrogen) atoms. The summed E-state index contributed by atoms with van der Waals surface area (Å²) in [6, 6.07) is 12.8. The number of nitrogen functional groups attached to an aromatic ring is 1. The topological polar surface area (TPSA) is 93.3 Å². The van der Waals surface area contributed by atoms with Crippen molar-refractivity contribution < 1.29 is 4.21 Å². The van der Waals surface area contributed by atoms with Crippen LogP contribution in [0.5, 0.6) is 0 Å². The molecule has 0 bridgehead atoms. The van der Waals surface area contributed by atoms with Gasteiger partial charge in [-0.2, -0.15) is 0 Å². The molecule has 1 aliphatic carbocycles. The van der Waals surface area contributed by atoms with Crippen molar-refractivity contribution >= 4 is 60.8 Å². The van der Waals surface area contributed by atoms with Crippen molar-refractivity contribution in [2.75, 3.05) is 12.3 Å². The van der Waals surface area contributed by atoms with Crippen LogP contribution in [0, 0.1) is 12.3 Å². The first-order chi connectivity index (χ1) is 18.8. The fraction of sp³-hybridized carbons (Fsp3) is 0.387. The molecule has 3 atom stereocenters. The number of nitrogens with one attached hydrogen (secondary N) is 1. The second kappa shape index (κ2) is 10.6. The Morgan fingerprint density at radius 1 is 1.08 bits per heavy atom. The van der Waals surface area contributed by atoms with Crippen LogP contribution in [0.2, 0.25) is 0 Å². The van der Waals surface area contributed by atoms with Crippen LogP contribution in [0.3, 0.4) is 0 Å². The van der Waals surface area contributed by atoms with Crippen LogP contribution in [-0.4, -0.2) is 33.0 Å². The summed E-state index contributed by atoms with van der Waals surface area (Å²) in [5.74, 6) is 0.324. The van der Waals surface area contributed by atoms with E-state index in [-0.39, 0.29) is 11.5 Å². The SMILES string of the molecule is Cc1ccc2sc(S(=O)NC3CCCC(c4ncnc5cc(N)c(C6=CC(C)(C)CN=C6)cc45)CC3)cc2c1. The number of aromatic nitrogens is 2. The molecular formula is C31H35N5OS2. The highest BCUT2D eigenvalue weighted by Crippen LogP contribution is 2.38. The minimum absolute atomic E-state index is 0.000332. The molecule has 202 valence electrons. The highest BCUT2D eigenvalue weighted by Gasteiger charge is 2.26. The van der Waals surface area contributed by atoms with E-state index in [1.165, 1.54) is 15.6 Å². The molecule has 8 heteroatoms. The van der Waals surface area contributed by atoms with Gasteiger partial charge in [0.15, 0.2) is 0 Å². The number of nitrogens with zero attached hydrogens (tertiary/aromatic N) is 3. The molecule has 0 spiro atoms. The average Bonchev–Trinajstić information content (AvgIpc) is 3.19. The van der Waals surface area contributed by atoms with Crippen LogP contribution in [0.1, 0.15) is 68.7 Å². The van der Waals surface area contributed by atoms with E-state index in [9.17, 15) is 4.21 Å². The highest BCUT2D eigenvalue weighted by atomic mass is 32.2. The average molecular weight is 558 g/mol. The number of dihydropyridines is 1. The van der Waals surface area contributed by atoms with E-state index >= 15 is 0 Å². The van der Waals surface area contributed by atoms with E-state index in [1.54, 1.807) is 17.7 Å². The van der Waals surface area contributed by atoms with Gasteiger partial charge in [0.05, 0.1) is 11.2 Å². The lowest BCUT2D eigenvalue weighted by Crippen LogP contribution is -2.30. The first kappa shape index (κ1) is 26.3. The van der Waals surface area contributed by atoms with Gasteiger partial charge in [0.1, 0.15) is 21.5 Å². The van der Waals surface area contributed by atoms with Gasteiger partial charge in [-0.1, -0.05) is 44.0 Å². The van der Waals surface area contributed by atoms with E-state index < -0.39 is 11.0 Å². The maximum absolute atomic E-state index is 13.2. The van der Waals surface area contributed by atoms with E-state index in [0.717, 1.165) is 70.6 Å². The predicted octanol–water partition coefficient (Wildman–Crippen LogP) is 6.96. The summed E-state index contributed by atoms with van der Waals surface area (Å²) in [5, 5.41) is 2.24. The molecule has 4 aromatic rings. The van der Waals surface area contributed by atoms with Crippen molar-refractivity contribution in [3.05, 3.63) is 65.6 Å². The zero-order valence-corrected chi connectivity index (χ0v) is 24.4. The summed E-state index contributed by atoms with van der Waals surface area (Å²) < 4.78 is 18.7. The van der Waals surface area contributed by atoms with Crippen molar-refractivity contribution in [2.24, 2.45) is 10.4 Å². The summed E-state index contributed by atoms with van der Waals surface area (Å²) in [4.78, 5) is 13.9. The normalized spacial score (nSPS) is 22.1. The Balaban J connectivity index is 1.22. The lowest BCUT2D eigenvalue weighted by atomic mass is 9.86. The van der Waals surface area contributed by atoms with Gasteiger partial charge in [0.2, 0.25) is 0 Å². The number of benzene rings is 2. The lowest BCUT2D eigenvalue weighted by molar-refractivity contribution is 0.496. The molecule has 0 radical (unpaired) electrons. The summed E-state index contributed by atoms with van der Waals surface area (Å²) in [7, 11) is -1.21. The molecule has 1 saturated carbocycles. The molecule has 3 unspecified atom stereocenters. The third-order valence-electron chi connectivity index (χ3n) is 7.88. The van der Waals surface area contributed by atoms with E-state index in [2.05, 4.69) is 71.9 Å². The predicted molar refractivity (Wildman–Crippen MR) is 165 cm³/mol. The van der Waals surface area contributed by atoms with Gasteiger partial charge in [-0.05, 0) is 67.8 Å². The summed E-state index contributed by atoms with van der Waals surface area (Å²) >= 11 is 1.62. The van der Waals surface area contributed by atoms with Gasteiger partial charge in [-0.15, -0.1) is 11.3 Å². The molecule has 2 aromatic carbocycles. The Bertz CT molecular complexity index is 1640. The molecule has 2 aromatic heterocycles. The molecule has 0 saturated heterocycles. The van der Waals surface area contributed by atoms with E-state index in [0.29, 0.717) is 11.6 Å². The number of hydrogen-bond acceptors (Lipinski definition) is 6. The second-order valence-corrected chi connectivity index (χ2v) is 14.2. The monoisotopic (exact) mass is 557 g/mol. The summed E-state index contributed by atoms with van der Waals surface area (Å²) in [5.41, 5.74) is 12.5. The molecule has 2 aliphatic rings. The minimum atomic E-state index is -1.21. The Morgan fingerprint density at radius 3 is 2.79 bits per heavy atom. The van der Waals surface area contributed by atoms with Crippen LogP contribution in [0.25, 0.3) is 26.6 Å². The number of thiophene rings is 1. The fourth-order valence-corrected chi connectivity index (χ4v) is 8.26. The highest BCUT2D eigenvalue weighted by molar-refractivity contribution is 7.85. The van der Waals surface area contributed by atoms with Crippen LogP contribution in [0.15, 0.2) is 58.0 Å². The number of aliphatic imine (C=N–C) groups is 1. The molecule has 6 rings (SSSR count). The first-order valence-electron chi connectivity index (χ1n) is 13.7. The standard InChI is InChI=1S/C31H35N5OS2/c1-19-7-10-28-21(11-19)12-29(38-28)39(37)36-23-6-4-5-20(8-9-23)30-25-13-24(22-15-31(2,3)17-33-16-22)26(32)14-27(25)34-18-35-30/h7,10-16,18,20,23,36H,4-6,8-9,17,32H2,1-3H3. The molecule has 1 fully saturated rings. The smallest absolute Gasteiger partial charge is 0.135 e. The molecule has 6 nitrogen and oxygen atoms in total. The van der Waals surface area contributed by atoms with Gasteiger partial charge in [-0.3, -0.25) is 4.99 Å². The zero-order valence-electron chi connectivity index (χ0n) is 22.7. The number of anilines is 1. The Morgan fingerprint density at radius 2 is 1.95 bits per heavy atom. The quantitative estimate of drug-likeness (QED) is 0.205. The van der Waals surface area contributed by atoms with Gasteiger partial charge in [0.25, 0.3) is 0 Å². The van der Waals surface area contributed by atoms with Crippen molar-refractivity contribution in [1.82, 2.24) is 14.7 Å². The zero-order chi connectivity index (χ0) is 27.1. The lowest BCUT2D eigenvalue weighted by Gasteiger charge is -2.24. The third-order valence-corrected chi connectivity index (χ3v) is 10.5. The van der Waals surface area contributed by atoms with Crippen molar-refractivity contribution in [1.29, 1.82) is 0 Å². The number of aryl methyl sites for hydroxylation is 1. The summed E-state index contributed by atoms with van der Waals surface area (Å²) in [6.07, 6.45) is 10.9. The first-order valence-corrected chi connectivity index (χ1v) is 15.7. The van der Waals surface area contributed by atoms with Crippen LogP contribution in [0.4, 0.5) is 5.69 Å². The molecule has 1 aliphatic heterocycles. The van der Waals surface area contributed by atoms with Crippen LogP contribution in [-0.2, 0) is 11.0 Å². The van der Waals surface area contributed by atoms with Gasteiger partial charge < -0.3 is 5.73 Å². The van der Waals surface area contributed by atoms with E-state index in [1.807, 2.05) is 12.3 Å². The number of nitrogens with two attached hydrogens (primary N) is 1.